The minimum absolute atomic E-state index is 0.197. The van der Waals surface area contributed by atoms with E-state index in [1.807, 2.05) is 42.5 Å². The summed E-state index contributed by atoms with van der Waals surface area (Å²) < 4.78 is 1.60. The molecule has 1 aliphatic rings. The fourth-order valence-corrected chi connectivity index (χ4v) is 4.92. The van der Waals surface area contributed by atoms with E-state index in [4.69, 9.17) is 0 Å². The second kappa shape index (κ2) is 9.73. The fraction of sp³-hybridized carbons (Fsp3) is 0.222. The van der Waals surface area contributed by atoms with Gasteiger partial charge in [-0.25, -0.2) is 4.98 Å². The van der Waals surface area contributed by atoms with Gasteiger partial charge >= 0.3 is 0 Å². The van der Waals surface area contributed by atoms with Crippen molar-refractivity contribution in [3.63, 3.8) is 0 Å². The van der Waals surface area contributed by atoms with Gasteiger partial charge < -0.3 is 15.6 Å². The van der Waals surface area contributed by atoms with Gasteiger partial charge in [0.2, 0.25) is 5.91 Å². The number of rotatable bonds is 8. The molecule has 0 saturated heterocycles. The smallest absolute Gasteiger partial charge is 0.294 e. The van der Waals surface area contributed by atoms with Crippen LogP contribution in [0.15, 0.2) is 72.0 Å². The summed E-state index contributed by atoms with van der Waals surface area (Å²) in [6.07, 6.45) is 8.77. The highest BCUT2D eigenvalue weighted by Crippen LogP contribution is 2.31. The van der Waals surface area contributed by atoms with Crippen molar-refractivity contribution < 1.29 is 4.79 Å². The molecule has 186 valence electrons. The zero-order valence-electron chi connectivity index (χ0n) is 20.1. The summed E-state index contributed by atoms with van der Waals surface area (Å²) in [6, 6.07) is 13.3. The summed E-state index contributed by atoms with van der Waals surface area (Å²) in [7, 11) is 0. The van der Waals surface area contributed by atoms with Gasteiger partial charge in [-0.2, -0.15) is 5.10 Å². The first-order valence-electron chi connectivity index (χ1n) is 12.3. The van der Waals surface area contributed by atoms with Gasteiger partial charge in [0.05, 0.1) is 18.4 Å². The van der Waals surface area contributed by atoms with Crippen LogP contribution in [0.25, 0.3) is 22.2 Å². The molecule has 0 unspecified atom stereocenters. The molecule has 1 amide bonds. The average molecular weight is 495 g/mol. The van der Waals surface area contributed by atoms with Gasteiger partial charge in [-0.05, 0) is 37.0 Å². The van der Waals surface area contributed by atoms with Crippen molar-refractivity contribution in [2.45, 2.75) is 31.8 Å². The van der Waals surface area contributed by atoms with Crippen LogP contribution in [-0.2, 0) is 24.2 Å². The lowest BCUT2D eigenvalue weighted by Gasteiger charge is -2.17. The third-order valence-corrected chi connectivity index (χ3v) is 6.73. The molecule has 5 aromatic rings. The molecule has 1 atom stereocenters. The van der Waals surface area contributed by atoms with E-state index in [0.717, 1.165) is 39.8 Å². The molecule has 0 saturated carbocycles. The van der Waals surface area contributed by atoms with Crippen LogP contribution in [-0.4, -0.2) is 42.2 Å². The molecule has 0 bridgehead atoms. The van der Waals surface area contributed by atoms with E-state index in [0.29, 0.717) is 31.6 Å². The van der Waals surface area contributed by atoms with Crippen LogP contribution in [0.3, 0.4) is 0 Å². The molecular formula is C27H26N8O2. The fourth-order valence-electron chi connectivity index (χ4n) is 4.92. The first-order valence-corrected chi connectivity index (χ1v) is 12.3. The molecule has 4 aromatic heterocycles. The number of anilines is 1. The number of nitrogens with one attached hydrogen (secondary N) is 4. The quantitative estimate of drug-likeness (QED) is 0.262. The molecule has 0 aliphatic carbocycles. The Hall–Kier alpha value is -4.73. The monoisotopic (exact) mass is 494 g/mol. The molecular weight excluding hydrogens is 468 g/mol. The summed E-state index contributed by atoms with van der Waals surface area (Å²) in [5.74, 6) is 0.0379. The van der Waals surface area contributed by atoms with Crippen molar-refractivity contribution in [3.05, 3.63) is 94.6 Å². The number of amides is 1. The first kappa shape index (κ1) is 22.7. The van der Waals surface area contributed by atoms with Gasteiger partial charge in [0.1, 0.15) is 6.04 Å². The van der Waals surface area contributed by atoms with E-state index >= 15 is 0 Å². The second-order valence-electron chi connectivity index (χ2n) is 9.11. The Balaban J connectivity index is 1.26. The predicted octanol–water partition coefficient (Wildman–Crippen LogP) is 2.97. The number of aromatic amines is 2. The van der Waals surface area contributed by atoms with Crippen molar-refractivity contribution >= 4 is 22.6 Å². The van der Waals surface area contributed by atoms with Gasteiger partial charge in [-0.3, -0.25) is 24.2 Å². The van der Waals surface area contributed by atoms with Gasteiger partial charge in [0, 0.05) is 53.0 Å². The molecule has 6 rings (SSSR count). The maximum absolute atomic E-state index is 13.6. The average Bonchev–Trinajstić information content (AvgIpc) is 3.69. The Morgan fingerprint density at radius 3 is 2.86 bits per heavy atom. The predicted molar refractivity (Wildman–Crippen MR) is 140 cm³/mol. The van der Waals surface area contributed by atoms with Crippen LogP contribution in [0, 0.1) is 0 Å². The van der Waals surface area contributed by atoms with Crippen molar-refractivity contribution in [3.8, 4) is 11.3 Å². The topological polar surface area (TPSA) is 133 Å². The lowest BCUT2D eigenvalue weighted by molar-refractivity contribution is -0.124. The van der Waals surface area contributed by atoms with Crippen LogP contribution in [0.2, 0.25) is 0 Å². The highest BCUT2D eigenvalue weighted by atomic mass is 16.2. The maximum atomic E-state index is 13.6. The number of aromatic nitrogens is 6. The van der Waals surface area contributed by atoms with Crippen molar-refractivity contribution in [2.75, 3.05) is 11.9 Å². The normalized spacial score (nSPS) is 14.5. The van der Waals surface area contributed by atoms with Crippen molar-refractivity contribution in [1.82, 2.24) is 35.0 Å². The summed E-state index contributed by atoms with van der Waals surface area (Å²) in [5.41, 5.74) is 4.90. The Morgan fingerprint density at radius 1 is 1.16 bits per heavy atom. The zero-order valence-corrected chi connectivity index (χ0v) is 20.1. The van der Waals surface area contributed by atoms with E-state index in [1.165, 1.54) is 0 Å². The molecule has 4 N–H and O–H groups in total. The minimum Gasteiger partial charge on any atom is -0.365 e. The number of carbonyl (C=O) groups is 1. The number of H-pyrrole nitrogens is 2. The van der Waals surface area contributed by atoms with E-state index in [1.54, 1.807) is 29.4 Å². The Morgan fingerprint density at radius 2 is 2.05 bits per heavy atom. The van der Waals surface area contributed by atoms with Gasteiger partial charge in [0.15, 0.2) is 5.82 Å². The second-order valence-corrected chi connectivity index (χ2v) is 9.11. The standard InChI is InChI=1S/C27H26N8O2/c36-26(30-16-20-12-18-13-28-10-9-21(18)33-20)23-7-6-22-24(19-14-31-32-15-19)34-25(27(37)35(22)23)29-11-8-17-4-2-1-3-5-17/h1-5,9-10,12-15,23,33H,6-8,11,16H2,(H,29,34)(H,30,36)(H,31,32)/t23-/m0/s1. The molecule has 10 heteroatoms. The molecule has 10 nitrogen and oxygen atoms in total. The highest BCUT2D eigenvalue weighted by Gasteiger charge is 2.33. The summed E-state index contributed by atoms with van der Waals surface area (Å²) in [4.78, 5) is 39.0. The van der Waals surface area contributed by atoms with Crippen LogP contribution >= 0.6 is 0 Å². The van der Waals surface area contributed by atoms with Gasteiger partial charge in [0.25, 0.3) is 5.56 Å². The Bertz CT molecular complexity index is 1570. The lowest BCUT2D eigenvalue weighted by Crippen LogP contribution is -2.37. The summed E-state index contributed by atoms with van der Waals surface area (Å²) in [6.45, 7) is 0.873. The number of hydrogen-bond donors (Lipinski definition) is 4. The van der Waals surface area contributed by atoms with E-state index in [2.05, 4.69) is 35.8 Å². The number of fused-ring (bicyclic) bond motifs is 2. The molecule has 0 radical (unpaired) electrons. The van der Waals surface area contributed by atoms with Crippen molar-refractivity contribution in [2.24, 2.45) is 0 Å². The molecule has 0 fully saturated rings. The maximum Gasteiger partial charge on any atom is 0.294 e. The van der Waals surface area contributed by atoms with Crippen LogP contribution in [0.1, 0.15) is 29.4 Å². The van der Waals surface area contributed by atoms with E-state index in [-0.39, 0.29) is 17.3 Å². The third kappa shape index (κ3) is 4.49. The van der Waals surface area contributed by atoms with Crippen LogP contribution in [0.5, 0.6) is 0 Å². The SMILES string of the molecule is O=C(NCc1cc2cnccc2[nH]1)[C@@H]1CCc2c(-c3cn[nH]c3)nc(NCCc3ccccc3)c(=O)n21. The van der Waals surface area contributed by atoms with Crippen LogP contribution < -0.4 is 16.2 Å². The number of benzene rings is 1. The van der Waals surface area contributed by atoms with Crippen LogP contribution in [0.4, 0.5) is 5.82 Å². The minimum atomic E-state index is -0.614. The molecule has 1 aromatic carbocycles. The van der Waals surface area contributed by atoms with E-state index in [9.17, 15) is 9.59 Å². The van der Waals surface area contributed by atoms with Crippen molar-refractivity contribution in [1.29, 1.82) is 0 Å². The lowest BCUT2D eigenvalue weighted by atomic mass is 10.1. The third-order valence-electron chi connectivity index (χ3n) is 6.73. The Kier molecular flexibility index (Phi) is 5.97. The number of pyridine rings is 1. The summed E-state index contributed by atoms with van der Waals surface area (Å²) in [5, 5.41) is 14.1. The number of hydrogen-bond acceptors (Lipinski definition) is 6. The molecule has 0 spiro atoms. The zero-order chi connectivity index (χ0) is 25.2. The van der Waals surface area contributed by atoms with Gasteiger partial charge in [-0.1, -0.05) is 30.3 Å². The molecule has 5 heterocycles. The summed E-state index contributed by atoms with van der Waals surface area (Å²) >= 11 is 0. The molecule has 1 aliphatic heterocycles. The van der Waals surface area contributed by atoms with E-state index < -0.39 is 6.04 Å². The largest absolute Gasteiger partial charge is 0.365 e. The molecule has 37 heavy (non-hydrogen) atoms. The van der Waals surface area contributed by atoms with Gasteiger partial charge in [-0.15, -0.1) is 0 Å². The highest BCUT2D eigenvalue weighted by molar-refractivity contribution is 5.82. The number of nitrogens with zero attached hydrogens (tertiary/aromatic N) is 4. The number of carbonyl (C=O) groups excluding carboxylic acids is 1. The Labute approximate surface area is 212 Å². The first-order chi connectivity index (χ1) is 18.2.